The first-order valence-corrected chi connectivity index (χ1v) is 6.43. The van der Waals surface area contributed by atoms with Crippen LogP contribution in [0.3, 0.4) is 0 Å². The summed E-state index contributed by atoms with van der Waals surface area (Å²) in [6.07, 6.45) is 3.50. The Kier molecular flexibility index (Phi) is 3.98. The molecular weight excluding hydrogens is 321 g/mol. The number of nitrogens with zero attached hydrogens (tertiary/aromatic N) is 3. The average Bonchev–Trinajstić information content (AvgIpc) is 2.78. The molecule has 1 aromatic heterocycles. The number of aromatic nitrogens is 2. The van der Waals surface area contributed by atoms with Gasteiger partial charge in [0, 0.05) is 35.5 Å². The van der Waals surface area contributed by atoms with Crippen LogP contribution in [-0.4, -0.2) is 14.5 Å². The maximum atomic E-state index is 10.6. The summed E-state index contributed by atoms with van der Waals surface area (Å²) in [4.78, 5) is 14.3. The minimum absolute atomic E-state index is 0.0637. The van der Waals surface area contributed by atoms with Crippen molar-refractivity contribution in [2.45, 2.75) is 12.4 Å². The van der Waals surface area contributed by atoms with E-state index in [9.17, 15) is 10.1 Å². The Morgan fingerprint density at radius 2 is 2.28 bits per heavy atom. The molecule has 0 atom stereocenters. The lowest BCUT2D eigenvalue weighted by atomic mass is 10.2. The number of nitro benzene ring substituents is 1. The van der Waals surface area contributed by atoms with E-state index in [1.165, 1.54) is 12.1 Å². The number of hydrogen-bond acceptors (Lipinski definition) is 3. The second kappa shape index (κ2) is 5.49. The van der Waals surface area contributed by atoms with Crippen LogP contribution in [0.4, 0.5) is 5.69 Å². The molecule has 0 N–H and O–H groups in total. The van der Waals surface area contributed by atoms with Crippen LogP contribution in [-0.2, 0) is 12.4 Å². The van der Waals surface area contributed by atoms with Crippen LogP contribution in [0.15, 0.2) is 35.1 Å². The van der Waals surface area contributed by atoms with E-state index in [0.717, 1.165) is 11.4 Å². The molecule has 0 aliphatic heterocycles. The van der Waals surface area contributed by atoms with Crippen molar-refractivity contribution < 1.29 is 4.92 Å². The van der Waals surface area contributed by atoms with E-state index in [1.54, 1.807) is 12.3 Å². The molecule has 0 fully saturated rings. The first kappa shape index (κ1) is 13.0. The van der Waals surface area contributed by atoms with Crippen molar-refractivity contribution in [3.05, 3.63) is 56.6 Å². The highest BCUT2D eigenvalue weighted by Crippen LogP contribution is 2.24. The molecule has 0 radical (unpaired) electrons. The largest absolute Gasteiger partial charge is 0.329 e. The Morgan fingerprint density at radius 1 is 1.50 bits per heavy atom. The summed E-state index contributed by atoms with van der Waals surface area (Å²) < 4.78 is 2.60. The Hall–Kier alpha value is -1.40. The summed E-state index contributed by atoms with van der Waals surface area (Å²) in [5.74, 6) is 1.10. The smallest absolute Gasteiger partial charge is 0.270 e. The van der Waals surface area contributed by atoms with Crippen molar-refractivity contribution in [3.8, 4) is 0 Å². The molecule has 94 valence electrons. The van der Waals surface area contributed by atoms with Gasteiger partial charge in [-0.25, -0.2) is 4.98 Å². The Balaban J connectivity index is 2.27. The van der Waals surface area contributed by atoms with E-state index < -0.39 is 4.92 Å². The van der Waals surface area contributed by atoms with Gasteiger partial charge in [0.15, 0.2) is 0 Å². The molecule has 0 bridgehead atoms. The second-order valence-corrected chi connectivity index (χ2v) is 4.76. The van der Waals surface area contributed by atoms with Crippen LogP contribution >= 0.6 is 27.5 Å². The number of halogens is 2. The van der Waals surface area contributed by atoms with E-state index >= 15 is 0 Å². The normalized spacial score (nSPS) is 10.6. The van der Waals surface area contributed by atoms with Crippen LogP contribution in [0.1, 0.15) is 11.4 Å². The predicted octanol–water partition coefficient (Wildman–Crippen LogP) is 3.34. The fourth-order valence-electron chi connectivity index (χ4n) is 1.58. The molecule has 0 unspecified atom stereocenters. The molecule has 7 heteroatoms. The van der Waals surface area contributed by atoms with E-state index in [0.29, 0.717) is 16.9 Å². The first-order valence-electron chi connectivity index (χ1n) is 5.10. The summed E-state index contributed by atoms with van der Waals surface area (Å²) in [6, 6.07) is 4.70. The van der Waals surface area contributed by atoms with Gasteiger partial charge in [0.05, 0.1) is 10.8 Å². The number of imidazole rings is 1. The number of hydrogen-bond donors (Lipinski definition) is 0. The van der Waals surface area contributed by atoms with Crippen LogP contribution in [0.25, 0.3) is 0 Å². The van der Waals surface area contributed by atoms with Crippen molar-refractivity contribution in [1.29, 1.82) is 0 Å². The van der Waals surface area contributed by atoms with E-state index in [1.807, 2.05) is 10.8 Å². The van der Waals surface area contributed by atoms with Gasteiger partial charge in [-0.1, -0.05) is 15.9 Å². The number of nitro groups is 1. The molecule has 1 aromatic carbocycles. The van der Waals surface area contributed by atoms with Crippen LogP contribution in [0.2, 0.25) is 0 Å². The van der Waals surface area contributed by atoms with Gasteiger partial charge in [-0.05, 0) is 11.6 Å². The minimum Gasteiger partial charge on any atom is -0.329 e. The van der Waals surface area contributed by atoms with E-state index in [-0.39, 0.29) is 5.69 Å². The fraction of sp³-hybridized carbons (Fsp3) is 0.182. The van der Waals surface area contributed by atoms with Gasteiger partial charge in [0.2, 0.25) is 0 Å². The number of non-ortho nitro benzene ring substituents is 1. The quantitative estimate of drug-likeness (QED) is 0.491. The zero-order valence-electron chi connectivity index (χ0n) is 9.22. The van der Waals surface area contributed by atoms with Crippen LogP contribution in [0.5, 0.6) is 0 Å². The van der Waals surface area contributed by atoms with Gasteiger partial charge in [-0.15, -0.1) is 11.6 Å². The van der Waals surface area contributed by atoms with E-state index in [4.69, 9.17) is 11.6 Å². The lowest BCUT2D eigenvalue weighted by molar-refractivity contribution is -0.384. The monoisotopic (exact) mass is 329 g/mol. The van der Waals surface area contributed by atoms with Crippen molar-refractivity contribution in [2.24, 2.45) is 0 Å². The van der Waals surface area contributed by atoms with Gasteiger partial charge >= 0.3 is 0 Å². The Labute approximate surface area is 117 Å². The molecule has 2 aromatic rings. The van der Waals surface area contributed by atoms with Gasteiger partial charge < -0.3 is 4.57 Å². The van der Waals surface area contributed by atoms with Crippen molar-refractivity contribution >= 4 is 33.2 Å². The number of alkyl halides is 1. The maximum absolute atomic E-state index is 10.6. The third-order valence-corrected chi connectivity index (χ3v) is 3.49. The molecular formula is C11H9BrClN3O2. The SMILES string of the molecule is O=[N+]([O-])c1ccc(Cn2ccnc2CCl)c(Br)c1. The highest BCUT2D eigenvalue weighted by Gasteiger charge is 2.10. The zero-order valence-corrected chi connectivity index (χ0v) is 11.6. The molecule has 0 saturated heterocycles. The molecule has 0 spiro atoms. The van der Waals surface area contributed by atoms with Crippen LogP contribution in [0, 0.1) is 10.1 Å². The molecule has 0 amide bonds. The van der Waals surface area contributed by atoms with Gasteiger partial charge in [0.1, 0.15) is 5.82 Å². The molecule has 18 heavy (non-hydrogen) atoms. The van der Waals surface area contributed by atoms with Gasteiger partial charge in [-0.2, -0.15) is 0 Å². The third-order valence-electron chi connectivity index (χ3n) is 2.51. The first-order chi connectivity index (χ1) is 8.61. The summed E-state index contributed by atoms with van der Waals surface area (Å²) in [5, 5.41) is 10.6. The molecule has 0 aliphatic carbocycles. The standard InChI is InChI=1S/C11H9BrClN3O2/c12-10-5-9(16(17)18)2-1-8(10)7-15-4-3-14-11(15)6-13/h1-5H,6-7H2. The summed E-state index contributed by atoms with van der Waals surface area (Å²) in [5.41, 5.74) is 0.999. The van der Waals surface area contributed by atoms with Gasteiger partial charge in [0.25, 0.3) is 5.69 Å². The van der Waals surface area contributed by atoms with Crippen molar-refractivity contribution in [1.82, 2.24) is 9.55 Å². The van der Waals surface area contributed by atoms with E-state index in [2.05, 4.69) is 20.9 Å². The second-order valence-electron chi connectivity index (χ2n) is 3.64. The fourth-order valence-corrected chi connectivity index (χ4v) is 2.29. The number of benzene rings is 1. The minimum atomic E-state index is -0.421. The topological polar surface area (TPSA) is 61.0 Å². The lowest BCUT2D eigenvalue weighted by Crippen LogP contribution is -2.03. The molecule has 5 nitrogen and oxygen atoms in total. The Morgan fingerprint density at radius 3 is 2.89 bits per heavy atom. The van der Waals surface area contributed by atoms with Crippen LogP contribution < -0.4 is 0 Å². The van der Waals surface area contributed by atoms with Crippen molar-refractivity contribution in [2.75, 3.05) is 0 Å². The highest BCUT2D eigenvalue weighted by atomic mass is 79.9. The molecule has 1 heterocycles. The molecule has 0 saturated carbocycles. The summed E-state index contributed by atoms with van der Waals surface area (Å²) in [7, 11) is 0. The predicted molar refractivity (Wildman–Crippen MR) is 71.7 cm³/mol. The highest BCUT2D eigenvalue weighted by molar-refractivity contribution is 9.10. The zero-order chi connectivity index (χ0) is 13.1. The summed E-state index contributed by atoms with van der Waals surface area (Å²) in [6.45, 7) is 0.570. The van der Waals surface area contributed by atoms with Gasteiger partial charge in [-0.3, -0.25) is 10.1 Å². The molecule has 2 rings (SSSR count). The third kappa shape index (κ3) is 2.70. The lowest BCUT2D eigenvalue weighted by Gasteiger charge is -2.08. The number of rotatable bonds is 4. The summed E-state index contributed by atoms with van der Waals surface area (Å²) >= 11 is 9.10. The average molecular weight is 331 g/mol. The van der Waals surface area contributed by atoms with Crippen molar-refractivity contribution in [3.63, 3.8) is 0 Å². The molecule has 0 aliphatic rings. The maximum Gasteiger partial charge on any atom is 0.270 e. The Bertz CT molecular complexity index is 585.